The summed E-state index contributed by atoms with van der Waals surface area (Å²) in [7, 11) is 1.93. The SMILES string of the molecule is Cn1ccnc1C(NC(=O)c1n[nH]c2c1CCC2)c1ccccc1. The molecule has 1 aromatic carbocycles. The smallest absolute Gasteiger partial charge is 0.272 e. The molecule has 0 saturated carbocycles. The summed E-state index contributed by atoms with van der Waals surface area (Å²) in [5, 5.41) is 10.3. The molecular weight excluding hydrogens is 302 g/mol. The number of nitrogens with one attached hydrogen (secondary N) is 2. The van der Waals surface area contributed by atoms with Crippen LogP contribution < -0.4 is 5.32 Å². The summed E-state index contributed by atoms with van der Waals surface area (Å²) >= 11 is 0. The quantitative estimate of drug-likeness (QED) is 0.773. The fourth-order valence-corrected chi connectivity index (χ4v) is 3.30. The molecule has 1 amide bonds. The van der Waals surface area contributed by atoms with E-state index in [1.807, 2.05) is 48.1 Å². The van der Waals surface area contributed by atoms with Crippen molar-refractivity contribution in [3.63, 3.8) is 0 Å². The first kappa shape index (κ1) is 14.7. The summed E-state index contributed by atoms with van der Waals surface area (Å²) in [6.07, 6.45) is 6.57. The molecule has 122 valence electrons. The van der Waals surface area contributed by atoms with E-state index in [9.17, 15) is 4.79 Å². The van der Waals surface area contributed by atoms with Crippen LogP contribution in [0.15, 0.2) is 42.7 Å². The van der Waals surface area contributed by atoms with Gasteiger partial charge in [0.15, 0.2) is 5.69 Å². The first-order chi connectivity index (χ1) is 11.7. The highest BCUT2D eigenvalue weighted by atomic mass is 16.2. The third-order valence-corrected chi connectivity index (χ3v) is 4.55. The molecule has 1 unspecified atom stereocenters. The van der Waals surface area contributed by atoms with E-state index in [0.717, 1.165) is 41.9 Å². The van der Waals surface area contributed by atoms with Crippen molar-refractivity contribution in [2.75, 3.05) is 0 Å². The molecule has 3 aromatic rings. The minimum atomic E-state index is -0.313. The Morgan fingerprint density at radius 1 is 1.29 bits per heavy atom. The molecule has 4 rings (SSSR count). The van der Waals surface area contributed by atoms with Gasteiger partial charge in [0.1, 0.15) is 11.9 Å². The van der Waals surface area contributed by atoms with Crippen LogP contribution >= 0.6 is 0 Å². The maximum absolute atomic E-state index is 12.8. The Morgan fingerprint density at radius 2 is 2.12 bits per heavy atom. The Kier molecular flexibility index (Phi) is 3.65. The summed E-state index contributed by atoms with van der Waals surface area (Å²) in [6.45, 7) is 0. The summed E-state index contributed by atoms with van der Waals surface area (Å²) in [5.41, 5.74) is 3.65. The Labute approximate surface area is 139 Å². The topological polar surface area (TPSA) is 75.6 Å². The number of carbonyl (C=O) groups is 1. The minimum Gasteiger partial charge on any atom is -0.337 e. The van der Waals surface area contributed by atoms with Gasteiger partial charge < -0.3 is 9.88 Å². The number of rotatable bonds is 4. The highest BCUT2D eigenvalue weighted by Gasteiger charge is 2.27. The number of aryl methyl sites for hydroxylation is 2. The van der Waals surface area contributed by atoms with Crippen molar-refractivity contribution in [3.8, 4) is 0 Å². The molecule has 1 aliphatic carbocycles. The second kappa shape index (κ2) is 5.96. The number of amides is 1. The van der Waals surface area contributed by atoms with Crippen LogP contribution in [0.1, 0.15) is 45.6 Å². The van der Waals surface area contributed by atoms with Crippen molar-refractivity contribution in [3.05, 3.63) is 71.1 Å². The number of H-pyrrole nitrogens is 1. The van der Waals surface area contributed by atoms with Gasteiger partial charge in [-0.15, -0.1) is 0 Å². The molecule has 0 aliphatic heterocycles. The number of aromatic nitrogens is 4. The van der Waals surface area contributed by atoms with Crippen LogP contribution in [0.5, 0.6) is 0 Å². The van der Waals surface area contributed by atoms with E-state index in [2.05, 4.69) is 20.5 Å². The molecule has 0 fully saturated rings. The number of fused-ring (bicyclic) bond motifs is 1. The zero-order chi connectivity index (χ0) is 16.5. The predicted octanol–water partition coefficient (Wildman–Crippen LogP) is 2.15. The average Bonchev–Trinajstić information content (AvgIpc) is 3.30. The van der Waals surface area contributed by atoms with Gasteiger partial charge in [0.2, 0.25) is 0 Å². The first-order valence-corrected chi connectivity index (χ1v) is 8.13. The van der Waals surface area contributed by atoms with Gasteiger partial charge in [-0.05, 0) is 24.8 Å². The number of hydrogen-bond acceptors (Lipinski definition) is 3. The van der Waals surface area contributed by atoms with Crippen LogP contribution in [0.4, 0.5) is 0 Å². The number of aromatic amines is 1. The van der Waals surface area contributed by atoms with Gasteiger partial charge in [-0.1, -0.05) is 30.3 Å². The van der Waals surface area contributed by atoms with Crippen molar-refractivity contribution >= 4 is 5.91 Å². The van der Waals surface area contributed by atoms with Crippen molar-refractivity contribution < 1.29 is 4.79 Å². The molecule has 2 heterocycles. The molecule has 6 nitrogen and oxygen atoms in total. The molecule has 0 saturated heterocycles. The Hall–Kier alpha value is -2.89. The lowest BCUT2D eigenvalue weighted by Crippen LogP contribution is -2.31. The average molecular weight is 321 g/mol. The lowest BCUT2D eigenvalue weighted by Gasteiger charge is -2.19. The predicted molar refractivity (Wildman–Crippen MR) is 89.6 cm³/mol. The lowest BCUT2D eigenvalue weighted by molar-refractivity contribution is 0.0935. The Bertz CT molecular complexity index is 865. The molecule has 2 aromatic heterocycles. The second-order valence-corrected chi connectivity index (χ2v) is 6.10. The molecule has 1 aliphatic rings. The number of nitrogens with zero attached hydrogens (tertiary/aromatic N) is 3. The van der Waals surface area contributed by atoms with Crippen molar-refractivity contribution in [1.29, 1.82) is 0 Å². The summed E-state index contributed by atoms with van der Waals surface area (Å²) < 4.78 is 1.92. The van der Waals surface area contributed by atoms with E-state index in [1.54, 1.807) is 6.20 Å². The molecule has 24 heavy (non-hydrogen) atoms. The van der Waals surface area contributed by atoms with Crippen molar-refractivity contribution in [2.45, 2.75) is 25.3 Å². The van der Waals surface area contributed by atoms with Gasteiger partial charge in [-0.2, -0.15) is 5.10 Å². The standard InChI is InChI=1S/C18H19N5O/c1-23-11-10-19-17(23)15(12-6-3-2-4-7-12)20-18(24)16-13-8-5-9-14(13)21-22-16/h2-4,6-7,10-11,15H,5,8-9H2,1H3,(H,20,24)(H,21,22). The molecule has 0 bridgehead atoms. The van der Waals surface area contributed by atoms with Crippen LogP contribution in [-0.2, 0) is 19.9 Å². The maximum atomic E-state index is 12.8. The molecule has 2 N–H and O–H groups in total. The van der Waals surface area contributed by atoms with Crippen molar-refractivity contribution in [1.82, 2.24) is 25.1 Å². The number of benzene rings is 1. The summed E-state index contributed by atoms with van der Waals surface area (Å²) in [5.74, 6) is 0.632. The molecular formula is C18H19N5O. The summed E-state index contributed by atoms with van der Waals surface area (Å²) in [6, 6.07) is 9.56. The molecule has 0 radical (unpaired) electrons. The van der Waals surface area contributed by atoms with E-state index in [-0.39, 0.29) is 11.9 Å². The normalized spacial score (nSPS) is 14.4. The van der Waals surface area contributed by atoms with Crippen molar-refractivity contribution in [2.24, 2.45) is 7.05 Å². The van der Waals surface area contributed by atoms with Crippen LogP contribution in [0.25, 0.3) is 0 Å². The number of imidazole rings is 1. The summed E-state index contributed by atoms with van der Waals surface area (Å²) in [4.78, 5) is 17.2. The van der Waals surface area contributed by atoms with Gasteiger partial charge in [-0.3, -0.25) is 9.89 Å². The minimum absolute atomic E-state index is 0.161. The van der Waals surface area contributed by atoms with E-state index >= 15 is 0 Å². The highest BCUT2D eigenvalue weighted by molar-refractivity contribution is 5.94. The van der Waals surface area contributed by atoms with Crippen LogP contribution in [0, 0.1) is 0 Å². The lowest BCUT2D eigenvalue weighted by atomic mass is 10.1. The first-order valence-electron chi connectivity index (χ1n) is 8.13. The third-order valence-electron chi connectivity index (χ3n) is 4.55. The molecule has 0 spiro atoms. The number of carbonyl (C=O) groups excluding carboxylic acids is 1. The van der Waals surface area contributed by atoms with Crippen LogP contribution in [0.2, 0.25) is 0 Å². The Morgan fingerprint density at radius 3 is 2.88 bits per heavy atom. The van der Waals surface area contributed by atoms with Gasteiger partial charge in [0.25, 0.3) is 5.91 Å². The van der Waals surface area contributed by atoms with Gasteiger partial charge in [0, 0.05) is 30.7 Å². The Balaban J connectivity index is 1.67. The largest absolute Gasteiger partial charge is 0.337 e. The number of hydrogen-bond donors (Lipinski definition) is 2. The zero-order valence-corrected chi connectivity index (χ0v) is 13.5. The van der Waals surface area contributed by atoms with E-state index in [0.29, 0.717) is 5.69 Å². The zero-order valence-electron chi connectivity index (χ0n) is 13.5. The van der Waals surface area contributed by atoms with Gasteiger partial charge >= 0.3 is 0 Å². The highest BCUT2D eigenvalue weighted by Crippen LogP contribution is 2.25. The van der Waals surface area contributed by atoms with Gasteiger partial charge in [-0.25, -0.2) is 4.98 Å². The third kappa shape index (κ3) is 2.50. The molecule has 1 atom stereocenters. The van der Waals surface area contributed by atoms with E-state index < -0.39 is 0 Å². The monoisotopic (exact) mass is 321 g/mol. The van der Waals surface area contributed by atoms with E-state index in [4.69, 9.17) is 0 Å². The van der Waals surface area contributed by atoms with E-state index in [1.165, 1.54) is 0 Å². The molecule has 6 heteroatoms. The maximum Gasteiger partial charge on any atom is 0.272 e. The fraction of sp³-hybridized carbons (Fsp3) is 0.278. The second-order valence-electron chi connectivity index (χ2n) is 6.10. The fourth-order valence-electron chi connectivity index (χ4n) is 3.30. The van der Waals surface area contributed by atoms with Gasteiger partial charge in [0.05, 0.1) is 0 Å². The van der Waals surface area contributed by atoms with Crippen LogP contribution in [0.3, 0.4) is 0 Å². The van der Waals surface area contributed by atoms with Crippen LogP contribution in [-0.4, -0.2) is 25.7 Å².